The number of amides is 1. The Bertz CT molecular complexity index is 1080. The van der Waals surface area contributed by atoms with Gasteiger partial charge in [-0.15, -0.1) is 0 Å². The molecule has 0 unspecified atom stereocenters. The van der Waals surface area contributed by atoms with Crippen LogP contribution in [-0.4, -0.2) is 39.5 Å². The molecule has 5 nitrogen and oxygen atoms in total. The van der Waals surface area contributed by atoms with Gasteiger partial charge in [0.1, 0.15) is 11.5 Å². The normalized spacial score (nSPS) is 13.7. The molecular formula is C28H35ClN4O. The Morgan fingerprint density at radius 1 is 1.09 bits per heavy atom. The predicted octanol–water partition coefficient (Wildman–Crippen LogP) is 5.96. The number of hydrogen-bond acceptors (Lipinski definition) is 3. The second-order valence-corrected chi connectivity index (χ2v) is 9.80. The molecule has 1 aromatic heterocycles. The first-order valence-corrected chi connectivity index (χ1v) is 12.8. The Morgan fingerprint density at radius 3 is 2.59 bits per heavy atom. The van der Waals surface area contributed by atoms with Gasteiger partial charge in [0.15, 0.2) is 0 Å². The molecule has 2 heterocycles. The zero-order valence-electron chi connectivity index (χ0n) is 20.3. The van der Waals surface area contributed by atoms with Crippen LogP contribution in [0.3, 0.4) is 0 Å². The summed E-state index contributed by atoms with van der Waals surface area (Å²) in [5.74, 6) is 0.803. The molecule has 0 spiro atoms. The largest absolute Gasteiger partial charge is 0.351 e. The smallest absolute Gasteiger partial charge is 0.271 e. The highest BCUT2D eigenvalue weighted by Gasteiger charge is 2.24. The van der Waals surface area contributed by atoms with E-state index < -0.39 is 0 Å². The van der Waals surface area contributed by atoms with Crippen LogP contribution in [0, 0.1) is 0 Å². The van der Waals surface area contributed by atoms with Crippen molar-refractivity contribution in [2.24, 2.45) is 0 Å². The number of rotatable bonds is 9. The molecule has 0 bridgehead atoms. The number of nitrogens with one attached hydrogen (secondary N) is 1. The Hall–Kier alpha value is -2.63. The highest BCUT2D eigenvalue weighted by Crippen LogP contribution is 2.28. The maximum atomic E-state index is 13.2. The van der Waals surface area contributed by atoms with Gasteiger partial charge in [0, 0.05) is 42.8 Å². The summed E-state index contributed by atoms with van der Waals surface area (Å²) in [6.07, 6.45) is 5.17. The molecule has 0 saturated carbocycles. The quantitative estimate of drug-likeness (QED) is 0.386. The zero-order valence-corrected chi connectivity index (χ0v) is 21.0. The second kappa shape index (κ2) is 11.7. The third-order valence-corrected chi connectivity index (χ3v) is 6.80. The fourth-order valence-electron chi connectivity index (χ4n) is 4.63. The van der Waals surface area contributed by atoms with Gasteiger partial charge in [-0.3, -0.25) is 9.69 Å². The standard InChI is InChI=1S/C28H35ClN4O/c1-21(2)32(20-22-10-5-3-6-11-22)18-9-17-30-28(34)26-25-12-7-4-8-19-33(25)27(31-26)23-13-15-24(29)16-14-23/h3,5-6,10-11,13-16,21H,4,7-9,12,17-20H2,1-2H3,(H,30,34). The predicted molar refractivity (Wildman–Crippen MR) is 139 cm³/mol. The number of halogens is 1. The number of fused-ring (bicyclic) bond motifs is 1. The van der Waals surface area contributed by atoms with Crippen LogP contribution in [-0.2, 0) is 19.5 Å². The number of hydrogen-bond donors (Lipinski definition) is 1. The fourth-order valence-corrected chi connectivity index (χ4v) is 4.75. The van der Waals surface area contributed by atoms with E-state index in [0.717, 1.165) is 62.4 Å². The van der Waals surface area contributed by atoms with Gasteiger partial charge in [-0.1, -0.05) is 48.4 Å². The van der Waals surface area contributed by atoms with E-state index in [1.165, 1.54) is 12.0 Å². The van der Waals surface area contributed by atoms with Crippen LogP contribution in [0.4, 0.5) is 0 Å². The van der Waals surface area contributed by atoms with E-state index in [1.54, 1.807) is 0 Å². The van der Waals surface area contributed by atoms with Gasteiger partial charge >= 0.3 is 0 Å². The third kappa shape index (κ3) is 6.08. The van der Waals surface area contributed by atoms with Crippen LogP contribution in [0.15, 0.2) is 54.6 Å². The Morgan fingerprint density at radius 2 is 1.85 bits per heavy atom. The zero-order chi connectivity index (χ0) is 23.9. The van der Waals surface area contributed by atoms with E-state index in [9.17, 15) is 4.79 Å². The van der Waals surface area contributed by atoms with Crippen molar-refractivity contribution < 1.29 is 4.79 Å². The molecule has 1 N–H and O–H groups in total. The van der Waals surface area contributed by atoms with Crippen molar-refractivity contribution in [1.29, 1.82) is 0 Å². The first kappa shape index (κ1) is 24.5. The molecular weight excluding hydrogens is 444 g/mol. The van der Waals surface area contributed by atoms with Gasteiger partial charge < -0.3 is 9.88 Å². The molecule has 2 aromatic carbocycles. The molecule has 6 heteroatoms. The lowest BCUT2D eigenvalue weighted by molar-refractivity contribution is 0.0945. The van der Waals surface area contributed by atoms with E-state index in [1.807, 2.05) is 30.3 Å². The van der Waals surface area contributed by atoms with E-state index in [4.69, 9.17) is 16.6 Å². The first-order valence-electron chi connectivity index (χ1n) is 12.4. The average Bonchev–Trinajstić information content (AvgIpc) is 3.03. The number of benzene rings is 2. The molecule has 4 rings (SSSR count). The van der Waals surface area contributed by atoms with Gasteiger partial charge in [-0.25, -0.2) is 4.98 Å². The van der Waals surface area contributed by atoms with Crippen LogP contribution < -0.4 is 5.32 Å². The van der Waals surface area contributed by atoms with Crippen LogP contribution >= 0.6 is 11.6 Å². The highest BCUT2D eigenvalue weighted by molar-refractivity contribution is 6.30. The van der Waals surface area contributed by atoms with Crippen molar-refractivity contribution in [1.82, 2.24) is 19.8 Å². The third-order valence-electron chi connectivity index (χ3n) is 6.55. The van der Waals surface area contributed by atoms with Gasteiger partial charge in [0.25, 0.3) is 5.91 Å². The molecule has 180 valence electrons. The Kier molecular flexibility index (Phi) is 8.41. The molecule has 0 saturated heterocycles. The highest BCUT2D eigenvalue weighted by atomic mass is 35.5. The topological polar surface area (TPSA) is 50.2 Å². The minimum atomic E-state index is -0.0648. The summed E-state index contributed by atoms with van der Waals surface area (Å²) in [7, 11) is 0. The fraction of sp³-hybridized carbons (Fsp3) is 0.429. The minimum absolute atomic E-state index is 0.0648. The van der Waals surface area contributed by atoms with Crippen LogP contribution in [0.2, 0.25) is 5.02 Å². The van der Waals surface area contributed by atoms with Gasteiger partial charge in [-0.05, 0) is 69.4 Å². The summed E-state index contributed by atoms with van der Waals surface area (Å²) in [6, 6.07) is 18.7. The van der Waals surface area contributed by atoms with Gasteiger partial charge in [-0.2, -0.15) is 0 Å². The van der Waals surface area contributed by atoms with Crippen molar-refractivity contribution in [2.45, 2.75) is 65.1 Å². The van der Waals surface area contributed by atoms with E-state index in [2.05, 4.69) is 52.9 Å². The SMILES string of the molecule is CC(C)N(CCCNC(=O)c1nc(-c2ccc(Cl)cc2)n2c1CCCCC2)Cc1ccccc1. The average molecular weight is 479 g/mol. The summed E-state index contributed by atoms with van der Waals surface area (Å²) >= 11 is 6.09. The van der Waals surface area contributed by atoms with Gasteiger partial charge in [0.05, 0.1) is 5.69 Å². The van der Waals surface area contributed by atoms with Crippen LogP contribution in [0.25, 0.3) is 11.4 Å². The molecule has 0 atom stereocenters. The lowest BCUT2D eigenvalue weighted by Gasteiger charge is -2.26. The lowest BCUT2D eigenvalue weighted by atomic mass is 10.1. The summed E-state index contributed by atoms with van der Waals surface area (Å²) in [4.78, 5) is 20.5. The molecule has 0 radical (unpaired) electrons. The maximum absolute atomic E-state index is 13.2. The van der Waals surface area contributed by atoms with E-state index >= 15 is 0 Å². The number of carbonyl (C=O) groups is 1. The number of aromatic nitrogens is 2. The molecule has 0 fully saturated rings. The molecule has 34 heavy (non-hydrogen) atoms. The second-order valence-electron chi connectivity index (χ2n) is 9.36. The monoisotopic (exact) mass is 478 g/mol. The summed E-state index contributed by atoms with van der Waals surface area (Å²) < 4.78 is 2.24. The van der Waals surface area contributed by atoms with Crippen molar-refractivity contribution >= 4 is 17.5 Å². The van der Waals surface area contributed by atoms with Gasteiger partial charge in [0.2, 0.25) is 0 Å². The van der Waals surface area contributed by atoms with Crippen LogP contribution in [0.5, 0.6) is 0 Å². The number of nitrogens with zero attached hydrogens (tertiary/aromatic N) is 3. The van der Waals surface area contributed by atoms with E-state index in [-0.39, 0.29) is 5.91 Å². The van der Waals surface area contributed by atoms with E-state index in [0.29, 0.717) is 23.3 Å². The lowest BCUT2D eigenvalue weighted by Crippen LogP contribution is -2.34. The van der Waals surface area contributed by atoms with Crippen molar-refractivity contribution in [3.63, 3.8) is 0 Å². The number of carbonyl (C=O) groups excluding carboxylic acids is 1. The molecule has 1 amide bonds. The summed E-state index contributed by atoms with van der Waals surface area (Å²) in [6.45, 7) is 7.84. The Labute approximate surface area is 208 Å². The minimum Gasteiger partial charge on any atom is -0.351 e. The summed E-state index contributed by atoms with van der Waals surface area (Å²) in [5.41, 5.74) is 3.96. The Balaban J connectivity index is 1.41. The molecule has 1 aliphatic rings. The van der Waals surface area contributed by atoms with Crippen molar-refractivity contribution in [2.75, 3.05) is 13.1 Å². The molecule has 1 aliphatic heterocycles. The molecule has 3 aromatic rings. The summed E-state index contributed by atoms with van der Waals surface area (Å²) in [5, 5.41) is 3.84. The first-order chi connectivity index (χ1) is 16.5. The van der Waals surface area contributed by atoms with Crippen molar-refractivity contribution in [3.8, 4) is 11.4 Å². The number of imidazole rings is 1. The maximum Gasteiger partial charge on any atom is 0.271 e. The molecule has 0 aliphatic carbocycles. The van der Waals surface area contributed by atoms with Crippen LogP contribution in [0.1, 0.15) is 61.3 Å². The van der Waals surface area contributed by atoms with Crippen molar-refractivity contribution in [3.05, 3.63) is 76.6 Å².